The Morgan fingerprint density at radius 2 is 1.53 bits per heavy atom. The van der Waals surface area contributed by atoms with Gasteiger partial charge in [-0.25, -0.2) is 0 Å². The fraction of sp³-hybridized carbons (Fsp3) is 1.00. The second kappa shape index (κ2) is 5.01. The highest BCUT2D eigenvalue weighted by atomic mass is 19.4. The van der Waals surface area contributed by atoms with Gasteiger partial charge in [0, 0.05) is 6.04 Å². The summed E-state index contributed by atoms with van der Waals surface area (Å²) in [6.45, 7) is 0. The third-order valence-corrected chi connectivity index (χ3v) is 2.90. The minimum atomic E-state index is -5.33. The SMILES string of the molecule is NNC(CCC1CC1)C(C(F)(F)F)C(F)(F)F. The second-order valence-corrected chi connectivity index (χ2v) is 4.35. The minimum Gasteiger partial charge on any atom is -0.271 e. The fourth-order valence-electron chi connectivity index (χ4n) is 1.81. The lowest BCUT2D eigenvalue weighted by Crippen LogP contribution is -2.53. The van der Waals surface area contributed by atoms with Crippen LogP contribution in [0.4, 0.5) is 26.3 Å². The maximum absolute atomic E-state index is 12.4. The number of nitrogens with one attached hydrogen (secondary N) is 1. The van der Waals surface area contributed by atoms with E-state index in [9.17, 15) is 26.3 Å². The van der Waals surface area contributed by atoms with E-state index in [1.165, 1.54) is 0 Å². The van der Waals surface area contributed by atoms with Gasteiger partial charge in [-0.2, -0.15) is 26.3 Å². The summed E-state index contributed by atoms with van der Waals surface area (Å²) >= 11 is 0. The monoisotopic (exact) mass is 264 g/mol. The Hall–Kier alpha value is -0.500. The van der Waals surface area contributed by atoms with Crippen molar-refractivity contribution in [1.82, 2.24) is 5.43 Å². The quantitative estimate of drug-likeness (QED) is 0.455. The number of hydrogen-bond acceptors (Lipinski definition) is 2. The van der Waals surface area contributed by atoms with Crippen LogP contribution in [0.5, 0.6) is 0 Å². The van der Waals surface area contributed by atoms with E-state index in [0.29, 0.717) is 6.42 Å². The zero-order valence-electron chi connectivity index (χ0n) is 8.91. The van der Waals surface area contributed by atoms with Crippen LogP contribution in [0.1, 0.15) is 25.7 Å². The number of hydrogen-bond donors (Lipinski definition) is 2. The molecule has 17 heavy (non-hydrogen) atoms. The van der Waals surface area contributed by atoms with Gasteiger partial charge in [0.25, 0.3) is 0 Å². The van der Waals surface area contributed by atoms with E-state index in [1.807, 2.05) is 0 Å². The normalized spacial score (nSPS) is 19.8. The first kappa shape index (κ1) is 14.6. The van der Waals surface area contributed by atoms with Crippen LogP contribution in [0.3, 0.4) is 0 Å². The maximum atomic E-state index is 12.4. The van der Waals surface area contributed by atoms with Gasteiger partial charge < -0.3 is 0 Å². The fourth-order valence-corrected chi connectivity index (χ4v) is 1.81. The van der Waals surface area contributed by atoms with E-state index in [4.69, 9.17) is 5.84 Å². The van der Waals surface area contributed by atoms with Crippen LogP contribution in [-0.4, -0.2) is 18.4 Å². The van der Waals surface area contributed by atoms with Crippen molar-refractivity contribution in [2.45, 2.75) is 44.1 Å². The third kappa shape index (κ3) is 4.34. The molecule has 8 heteroatoms. The van der Waals surface area contributed by atoms with Gasteiger partial charge in [-0.1, -0.05) is 12.8 Å². The molecule has 1 rings (SSSR count). The van der Waals surface area contributed by atoms with Gasteiger partial charge >= 0.3 is 12.4 Å². The molecule has 3 N–H and O–H groups in total. The zero-order chi connectivity index (χ0) is 13.3. The Balaban J connectivity index is 2.70. The first-order chi connectivity index (χ1) is 7.66. The van der Waals surface area contributed by atoms with Gasteiger partial charge in [0.05, 0.1) is 0 Å². The van der Waals surface area contributed by atoms with Crippen LogP contribution in [0.2, 0.25) is 0 Å². The molecule has 1 unspecified atom stereocenters. The molecule has 0 aromatic carbocycles. The van der Waals surface area contributed by atoms with Crippen molar-refractivity contribution in [2.75, 3.05) is 0 Å². The molecule has 1 fully saturated rings. The Bertz CT molecular complexity index is 231. The molecule has 2 nitrogen and oxygen atoms in total. The molecule has 0 saturated heterocycles. The van der Waals surface area contributed by atoms with Crippen LogP contribution in [0.25, 0.3) is 0 Å². The van der Waals surface area contributed by atoms with Crippen molar-refractivity contribution in [3.63, 3.8) is 0 Å². The van der Waals surface area contributed by atoms with Crippen LogP contribution < -0.4 is 11.3 Å². The highest BCUT2D eigenvalue weighted by molar-refractivity contribution is 4.87. The molecule has 0 heterocycles. The Morgan fingerprint density at radius 1 is 1.06 bits per heavy atom. The topological polar surface area (TPSA) is 38.0 Å². The molecule has 0 spiro atoms. The van der Waals surface area contributed by atoms with Gasteiger partial charge in [-0.05, 0) is 18.8 Å². The Morgan fingerprint density at radius 3 is 1.82 bits per heavy atom. The van der Waals surface area contributed by atoms with Crippen molar-refractivity contribution in [3.05, 3.63) is 0 Å². The molecule has 1 atom stereocenters. The summed E-state index contributed by atoms with van der Waals surface area (Å²) in [5, 5.41) is 0. The van der Waals surface area contributed by atoms with Crippen molar-refractivity contribution in [2.24, 2.45) is 17.7 Å². The molecule has 0 aromatic rings. The van der Waals surface area contributed by atoms with E-state index in [1.54, 1.807) is 5.43 Å². The summed E-state index contributed by atoms with van der Waals surface area (Å²) < 4.78 is 74.3. The van der Waals surface area contributed by atoms with Crippen molar-refractivity contribution < 1.29 is 26.3 Å². The average molecular weight is 264 g/mol. The van der Waals surface area contributed by atoms with Crippen molar-refractivity contribution >= 4 is 0 Å². The third-order valence-electron chi connectivity index (χ3n) is 2.90. The van der Waals surface area contributed by atoms with E-state index in [-0.39, 0.29) is 12.3 Å². The number of nitrogens with two attached hydrogens (primary N) is 1. The lowest BCUT2D eigenvalue weighted by atomic mass is 9.94. The van der Waals surface area contributed by atoms with Gasteiger partial charge in [-0.15, -0.1) is 0 Å². The molecular weight excluding hydrogens is 250 g/mol. The van der Waals surface area contributed by atoms with Crippen LogP contribution in [0.15, 0.2) is 0 Å². The summed E-state index contributed by atoms with van der Waals surface area (Å²) in [6, 6.07) is -1.81. The summed E-state index contributed by atoms with van der Waals surface area (Å²) in [4.78, 5) is 0. The molecule has 0 aliphatic heterocycles. The highest BCUT2D eigenvalue weighted by Crippen LogP contribution is 2.43. The van der Waals surface area contributed by atoms with Crippen LogP contribution >= 0.6 is 0 Å². The molecule has 0 radical (unpaired) electrons. The first-order valence-corrected chi connectivity index (χ1v) is 5.25. The number of halogens is 6. The lowest BCUT2D eigenvalue weighted by molar-refractivity contribution is -0.292. The molecule has 1 saturated carbocycles. The summed E-state index contributed by atoms with van der Waals surface area (Å²) in [5.74, 6) is 1.68. The smallest absolute Gasteiger partial charge is 0.271 e. The van der Waals surface area contributed by atoms with E-state index in [2.05, 4.69) is 0 Å². The lowest BCUT2D eigenvalue weighted by Gasteiger charge is -2.30. The maximum Gasteiger partial charge on any atom is 0.402 e. The Kier molecular flexibility index (Phi) is 4.29. The number of alkyl halides is 6. The summed E-state index contributed by atoms with van der Waals surface area (Å²) in [5.41, 5.74) is 1.66. The largest absolute Gasteiger partial charge is 0.402 e. The molecule has 1 aliphatic carbocycles. The van der Waals surface area contributed by atoms with E-state index >= 15 is 0 Å². The average Bonchev–Trinajstić information content (AvgIpc) is 2.90. The predicted molar refractivity (Wildman–Crippen MR) is 48.7 cm³/mol. The highest BCUT2D eigenvalue weighted by Gasteiger charge is 2.59. The molecule has 0 bridgehead atoms. The van der Waals surface area contributed by atoms with Gasteiger partial charge in [-0.3, -0.25) is 11.3 Å². The minimum absolute atomic E-state index is 0.217. The van der Waals surface area contributed by atoms with E-state index < -0.39 is 24.3 Å². The molecule has 102 valence electrons. The van der Waals surface area contributed by atoms with Crippen LogP contribution in [0, 0.1) is 11.8 Å². The molecular formula is C9H14F6N2. The standard InChI is InChI=1S/C9H14F6N2/c10-8(11,12)7(9(13,14)15)6(17-16)4-3-5-1-2-5/h5-7,17H,1-4,16H2. The number of hydrazine groups is 1. The van der Waals surface area contributed by atoms with Crippen molar-refractivity contribution in [1.29, 1.82) is 0 Å². The molecule has 0 aromatic heterocycles. The van der Waals surface area contributed by atoms with Gasteiger partial charge in [0.1, 0.15) is 0 Å². The predicted octanol–water partition coefficient (Wildman–Crippen LogP) is 2.75. The second-order valence-electron chi connectivity index (χ2n) is 4.35. The first-order valence-electron chi connectivity index (χ1n) is 5.25. The number of rotatable bonds is 5. The molecule has 0 amide bonds. The Labute approximate surface area is 94.5 Å². The summed E-state index contributed by atoms with van der Waals surface area (Å²) in [7, 11) is 0. The molecule has 1 aliphatic rings. The van der Waals surface area contributed by atoms with Crippen LogP contribution in [-0.2, 0) is 0 Å². The van der Waals surface area contributed by atoms with Crippen molar-refractivity contribution in [3.8, 4) is 0 Å². The van der Waals surface area contributed by atoms with Gasteiger partial charge in [0.15, 0.2) is 5.92 Å². The van der Waals surface area contributed by atoms with E-state index in [0.717, 1.165) is 12.8 Å². The summed E-state index contributed by atoms with van der Waals surface area (Å²) in [6.07, 6.45) is -8.79. The zero-order valence-corrected chi connectivity index (χ0v) is 8.91. The van der Waals surface area contributed by atoms with Gasteiger partial charge in [0.2, 0.25) is 0 Å².